The predicted molar refractivity (Wildman–Crippen MR) is 108 cm³/mol. The molecule has 1 aliphatic carbocycles. The van der Waals surface area contributed by atoms with E-state index in [1.807, 2.05) is 29.8 Å². The number of fused-ring (bicyclic) bond motifs is 1. The number of hydrogen-bond donors (Lipinski definition) is 0. The first kappa shape index (κ1) is 20.1. The van der Waals surface area contributed by atoms with E-state index in [1.54, 1.807) is 0 Å². The molecule has 1 aliphatic heterocycles. The van der Waals surface area contributed by atoms with Gasteiger partial charge in [-0.3, -0.25) is 4.99 Å². The van der Waals surface area contributed by atoms with Crippen LogP contribution in [-0.2, 0) is 11.8 Å². The lowest BCUT2D eigenvalue weighted by molar-refractivity contribution is -0.182. The summed E-state index contributed by atoms with van der Waals surface area (Å²) in [6, 6.07) is 1.97. The van der Waals surface area contributed by atoms with Crippen LogP contribution < -0.4 is 0 Å². The van der Waals surface area contributed by atoms with Crippen LogP contribution in [0, 0.1) is 12.8 Å². The van der Waals surface area contributed by atoms with Gasteiger partial charge in [-0.2, -0.15) is 18.3 Å². The number of rotatable bonds is 3. The van der Waals surface area contributed by atoms with Gasteiger partial charge in [-0.1, -0.05) is 13.0 Å². The molecule has 0 radical (unpaired) electrons. The largest absolute Gasteiger partial charge is 0.391 e. The Morgan fingerprint density at radius 2 is 1.93 bits per heavy atom. The van der Waals surface area contributed by atoms with Crippen LogP contribution in [-0.4, -0.2) is 33.5 Å². The van der Waals surface area contributed by atoms with E-state index >= 15 is 0 Å². The lowest BCUT2D eigenvalue weighted by atomic mass is 9.80. The maximum absolute atomic E-state index is 13.0. The van der Waals surface area contributed by atoms with Crippen LogP contribution in [0.15, 0.2) is 23.2 Å². The number of hydrogen-bond acceptors (Lipinski definition) is 3. The molecule has 0 N–H and O–H groups in total. The summed E-state index contributed by atoms with van der Waals surface area (Å²) < 4.78 is 41.0. The van der Waals surface area contributed by atoms with Gasteiger partial charge >= 0.3 is 6.18 Å². The molecule has 0 unspecified atom stereocenters. The normalized spacial score (nSPS) is 27.7. The Kier molecular flexibility index (Phi) is 5.03. The van der Waals surface area contributed by atoms with Gasteiger partial charge in [-0.15, -0.1) is 0 Å². The van der Waals surface area contributed by atoms with Crippen molar-refractivity contribution in [2.24, 2.45) is 10.9 Å². The molecule has 2 aromatic rings. The van der Waals surface area contributed by atoms with Crippen molar-refractivity contribution < 1.29 is 13.2 Å². The molecule has 4 nitrogen and oxygen atoms in total. The zero-order chi connectivity index (χ0) is 20.8. The molecule has 7 heteroatoms. The van der Waals surface area contributed by atoms with Crippen molar-refractivity contribution in [1.82, 2.24) is 14.6 Å². The van der Waals surface area contributed by atoms with Crippen molar-refractivity contribution in [1.29, 1.82) is 0 Å². The first-order valence-corrected chi connectivity index (χ1v) is 10.4. The number of dihydropyridines is 1. The zero-order valence-corrected chi connectivity index (χ0v) is 17.1. The molecule has 1 fully saturated rings. The number of alkyl halides is 3. The van der Waals surface area contributed by atoms with Crippen LogP contribution in [0.1, 0.15) is 68.1 Å². The minimum absolute atomic E-state index is 0.0567. The highest BCUT2D eigenvalue weighted by Gasteiger charge is 2.42. The molecular weight excluding hydrogens is 377 g/mol. The molecule has 1 atom stereocenters. The maximum atomic E-state index is 13.0. The summed E-state index contributed by atoms with van der Waals surface area (Å²) in [5.74, 6) is -1.12. The number of halogens is 3. The Labute approximate surface area is 168 Å². The molecule has 1 saturated carbocycles. The van der Waals surface area contributed by atoms with Crippen molar-refractivity contribution in [3.8, 4) is 0 Å². The molecule has 156 valence electrons. The van der Waals surface area contributed by atoms with Crippen LogP contribution in [0.2, 0.25) is 0 Å². The van der Waals surface area contributed by atoms with Crippen molar-refractivity contribution in [2.75, 3.05) is 6.54 Å². The fourth-order valence-corrected chi connectivity index (χ4v) is 4.86. The van der Waals surface area contributed by atoms with E-state index in [0.717, 1.165) is 34.7 Å². The van der Waals surface area contributed by atoms with E-state index in [9.17, 15) is 13.2 Å². The fraction of sp³-hybridized carbons (Fsp3) is 0.591. The molecular formula is C22H27F3N4. The Hall–Kier alpha value is -2.18. The van der Waals surface area contributed by atoms with Gasteiger partial charge < -0.3 is 0 Å². The number of aliphatic imine (C=N–C) groups is 1. The minimum atomic E-state index is -4.09. The highest BCUT2D eigenvalue weighted by Crippen LogP contribution is 2.43. The number of aryl methyl sites for hydroxylation is 1. The van der Waals surface area contributed by atoms with Crippen molar-refractivity contribution in [2.45, 2.75) is 70.4 Å². The molecule has 4 rings (SSSR count). The highest BCUT2D eigenvalue weighted by molar-refractivity contribution is 5.73. The van der Waals surface area contributed by atoms with Crippen LogP contribution in [0.3, 0.4) is 0 Å². The maximum Gasteiger partial charge on any atom is 0.391 e. The second-order valence-corrected chi connectivity index (χ2v) is 8.57. The van der Waals surface area contributed by atoms with Gasteiger partial charge in [0.1, 0.15) is 0 Å². The third kappa shape index (κ3) is 3.60. The van der Waals surface area contributed by atoms with Crippen molar-refractivity contribution in [3.63, 3.8) is 0 Å². The van der Waals surface area contributed by atoms with Gasteiger partial charge in [0.25, 0.3) is 0 Å². The molecule has 2 aromatic heterocycles. The van der Waals surface area contributed by atoms with Gasteiger partial charge in [0.2, 0.25) is 0 Å². The SMILES string of the molecule is CCc1c(C)nc2cc(C3CCC(C(F)(F)F)CC3)nn2c1[C@]1(C)C=CC=NC1. The summed E-state index contributed by atoms with van der Waals surface area (Å²) in [6.07, 6.45) is 4.07. The third-order valence-corrected chi connectivity index (χ3v) is 6.50. The summed E-state index contributed by atoms with van der Waals surface area (Å²) in [6.45, 7) is 6.92. The fourth-order valence-electron chi connectivity index (χ4n) is 4.86. The number of allylic oxidation sites excluding steroid dienone is 1. The first-order chi connectivity index (χ1) is 13.7. The Morgan fingerprint density at radius 3 is 2.52 bits per heavy atom. The molecule has 2 aliphatic rings. The molecule has 0 bridgehead atoms. The van der Waals surface area contributed by atoms with E-state index in [1.165, 1.54) is 0 Å². The summed E-state index contributed by atoms with van der Waals surface area (Å²) in [5.41, 5.74) is 4.57. The van der Waals surface area contributed by atoms with E-state index < -0.39 is 12.1 Å². The van der Waals surface area contributed by atoms with Gasteiger partial charge in [0.15, 0.2) is 5.65 Å². The molecule has 3 heterocycles. The second-order valence-electron chi connectivity index (χ2n) is 8.57. The van der Waals surface area contributed by atoms with Gasteiger partial charge in [-0.05, 0) is 57.6 Å². The average Bonchev–Trinajstić information content (AvgIpc) is 3.10. The predicted octanol–water partition coefficient (Wildman–Crippen LogP) is 5.33. The van der Waals surface area contributed by atoms with E-state index in [-0.39, 0.29) is 24.2 Å². The topological polar surface area (TPSA) is 42.5 Å². The van der Waals surface area contributed by atoms with Crippen LogP contribution in [0.25, 0.3) is 5.65 Å². The molecule has 0 spiro atoms. The Bertz CT molecular complexity index is 965. The summed E-state index contributed by atoms with van der Waals surface area (Å²) in [4.78, 5) is 9.23. The molecule has 0 aromatic carbocycles. The Morgan fingerprint density at radius 1 is 1.21 bits per heavy atom. The lowest BCUT2D eigenvalue weighted by Crippen LogP contribution is -2.31. The quantitative estimate of drug-likeness (QED) is 0.693. The van der Waals surface area contributed by atoms with Gasteiger partial charge in [-0.25, -0.2) is 9.50 Å². The summed E-state index contributed by atoms with van der Waals surface area (Å²) in [7, 11) is 0. The van der Waals surface area contributed by atoms with Gasteiger partial charge in [0, 0.05) is 29.3 Å². The van der Waals surface area contributed by atoms with Crippen LogP contribution >= 0.6 is 0 Å². The molecule has 29 heavy (non-hydrogen) atoms. The van der Waals surface area contributed by atoms with Crippen molar-refractivity contribution in [3.05, 3.63) is 40.9 Å². The minimum Gasteiger partial charge on any atom is -0.292 e. The van der Waals surface area contributed by atoms with E-state index in [2.05, 4.69) is 24.9 Å². The summed E-state index contributed by atoms with van der Waals surface area (Å²) in [5, 5.41) is 4.88. The molecule has 0 saturated heterocycles. The standard InChI is InChI=1S/C22H27F3N4/c1-4-17-14(2)27-19-12-18(15-6-8-16(9-7-15)22(23,24)25)28-29(19)20(17)21(3)10-5-11-26-13-21/h5,10-12,15-16H,4,6-9,13H2,1-3H3/t15?,16?,21-/m1/s1. The third-order valence-electron chi connectivity index (χ3n) is 6.50. The molecule has 0 amide bonds. The Balaban J connectivity index is 1.74. The van der Waals surface area contributed by atoms with Crippen LogP contribution in [0.4, 0.5) is 13.2 Å². The smallest absolute Gasteiger partial charge is 0.292 e. The summed E-state index contributed by atoms with van der Waals surface area (Å²) >= 11 is 0. The van der Waals surface area contributed by atoms with E-state index in [4.69, 9.17) is 10.1 Å². The van der Waals surface area contributed by atoms with E-state index in [0.29, 0.717) is 19.4 Å². The number of nitrogens with zero attached hydrogens (tertiary/aromatic N) is 4. The monoisotopic (exact) mass is 404 g/mol. The van der Waals surface area contributed by atoms with Crippen LogP contribution in [0.5, 0.6) is 0 Å². The zero-order valence-electron chi connectivity index (χ0n) is 17.1. The highest BCUT2D eigenvalue weighted by atomic mass is 19.4. The van der Waals surface area contributed by atoms with Gasteiger partial charge in [0.05, 0.1) is 23.9 Å². The lowest BCUT2D eigenvalue weighted by Gasteiger charge is -2.30. The van der Waals surface area contributed by atoms with Crippen molar-refractivity contribution >= 4 is 11.9 Å². The second kappa shape index (κ2) is 7.26. The first-order valence-electron chi connectivity index (χ1n) is 10.4. The average molecular weight is 404 g/mol. The number of aromatic nitrogens is 3.